The van der Waals surface area contributed by atoms with Gasteiger partial charge in [-0.25, -0.2) is 0 Å². The molecular formula is C30H11F12N5O2. The number of hydrogen-bond donors (Lipinski definition) is 2. The molecule has 0 saturated carbocycles. The lowest BCUT2D eigenvalue weighted by molar-refractivity contribution is -0.144. The van der Waals surface area contributed by atoms with Crippen molar-refractivity contribution in [2.75, 3.05) is 10.6 Å². The molecule has 2 aliphatic rings. The van der Waals surface area contributed by atoms with Gasteiger partial charge >= 0.3 is 30.5 Å². The number of benzene rings is 3. The Morgan fingerprint density at radius 2 is 1.04 bits per heavy atom. The molecule has 0 atom stereocenters. The summed E-state index contributed by atoms with van der Waals surface area (Å²) in [5, 5.41) is 14.2. The van der Waals surface area contributed by atoms with Gasteiger partial charge in [0.1, 0.15) is 13.1 Å². The first-order valence-corrected chi connectivity index (χ1v) is 12.9. The van der Waals surface area contributed by atoms with E-state index in [0.717, 1.165) is 6.92 Å². The van der Waals surface area contributed by atoms with Crippen LogP contribution in [0.4, 0.5) is 64.1 Å². The Labute approximate surface area is 265 Å². The molecule has 3 aromatic rings. The number of nitrogens with zero attached hydrogens (tertiary/aromatic N) is 3. The van der Waals surface area contributed by atoms with E-state index >= 15 is 0 Å². The van der Waals surface area contributed by atoms with Crippen molar-refractivity contribution in [3.63, 3.8) is 0 Å². The summed E-state index contributed by atoms with van der Waals surface area (Å²) in [5.74, 6) is -4.03. The molecule has 0 unspecified atom stereocenters. The van der Waals surface area contributed by atoms with Crippen molar-refractivity contribution >= 4 is 11.4 Å². The number of fused-ring (bicyclic) bond motifs is 2. The van der Waals surface area contributed by atoms with Crippen molar-refractivity contribution < 1.29 is 62.2 Å². The van der Waals surface area contributed by atoms with Crippen molar-refractivity contribution in [3.05, 3.63) is 105 Å². The zero-order chi connectivity index (χ0) is 36.4. The normalized spacial score (nSPS) is 15.0. The van der Waals surface area contributed by atoms with Gasteiger partial charge in [0, 0.05) is 0 Å². The molecule has 0 radical (unpaired) electrons. The zero-order valence-corrected chi connectivity index (χ0v) is 23.7. The molecule has 2 aliphatic heterocycles. The van der Waals surface area contributed by atoms with Gasteiger partial charge in [-0.15, -0.1) is 9.69 Å². The largest absolute Gasteiger partial charge is 0.579 e. The molecule has 0 bridgehead atoms. The maximum atomic E-state index is 14.4. The summed E-state index contributed by atoms with van der Waals surface area (Å²) >= 11 is 0. The molecule has 2 heterocycles. The van der Waals surface area contributed by atoms with Gasteiger partial charge in [-0.05, 0) is 42.3 Å². The minimum Gasteiger partial charge on any atom is -0.441 e. The number of anilines is 2. The highest BCUT2D eigenvalue weighted by molar-refractivity contribution is 6.06. The van der Waals surface area contributed by atoms with Gasteiger partial charge in [0.2, 0.25) is 5.88 Å². The maximum absolute atomic E-state index is 14.4. The predicted molar refractivity (Wildman–Crippen MR) is 144 cm³/mol. The number of hydrogen-bond acceptors (Lipinski definition) is 5. The van der Waals surface area contributed by atoms with Crippen LogP contribution in [0.3, 0.4) is 0 Å². The van der Waals surface area contributed by atoms with Crippen LogP contribution in [-0.2, 0) is 24.7 Å². The SMILES string of the molecule is [C-]#[N+]C([N+]#[C-])=C1Nc2c(c(-c3ccc(C(F)(F)F)cc3C(F)(F)F)c3c(c2-c2ccc(C(F)(F)F)cc2C(F)(F)F)O/C(=C(/C)C#N)N3)O1. The summed E-state index contributed by atoms with van der Waals surface area (Å²) in [6.07, 6.45) is -21.6. The fourth-order valence-corrected chi connectivity index (χ4v) is 4.94. The molecule has 2 N–H and O–H groups in total. The van der Waals surface area contributed by atoms with Gasteiger partial charge in [0.05, 0.1) is 56.4 Å². The van der Waals surface area contributed by atoms with E-state index in [1.165, 1.54) is 0 Å². The monoisotopic (exact) mass is 701 g/mol. The molecule has 49 heavy (non-hydrogen) atoms. The molecular weight excluding hydrogens is 690 g/mol. The summed E-state index contributed by atoms with van der Waals surface area (Å²) < 4.78 is 179. The second-order valence-electron chi connectivity index (χ2n) is 10.1. The quantitative estimate of drug-likeness (QED) is 0.158. The van der Waals surface area contributed by atoms with Crippen LogP contribution in [-0.4, -0.2) is 0 Å². The Hall–Kier alpha value is -6.03. The van der Waals surface area contributed by atoms with E-state index < -0.39 is 110 Å². The topological polar surface area (TPSA) is 75.0 Å². The zero-order valence-electron chi connectivity index (χ0n) is 23.7. The van der Waals surface area contributed by atoms with Gasteiger partial charge in [-0.1, -0.05) is 12.1 Å². The van der Waals surface area contributed by atoms with E-state index in [0.29, 0.717) is 12.1 Å². The van der Waals surface area contributed by atoms with E-state index in [1.807, 2.05) is 0 Å². The first-order chi connectivity index (χ1) is 22.6. The third-order valence-corrected chi connectivity index (χ3v) is 7.06. The number of nitrogens with one attached hydrogen (secondary N) is 2. The van der Waals surface area contributed by atoms with Crippen LogP contribution in [0.15, 0.2) is 59.6 Å². The predicted octanol–water partition coefficient (Wildman–Crippen LogP) is 10.4. The third-order valence-electron chi connectivity index (χ3n) is 7.06. The Morgan fingerprint density at radius 1 is 0.653 bits per heavy atom. The highest BCUT2D eigenvalue weighted by Crippen LogP contribution is 2.62. The fraction of sp³-hybridized carbons (Fsp3) is 0.167. The molecule has 5 rings (SSSR count). The van der Waals surface area contributed by atoms with Crippen LogP contribution < -0.4 is 20.1 Å². The Morgan fingerprint density at radius 3 is 1.39 bits per heavy atom. The molecule has 252 valence electrons. The molecule has 0 aromatic heterocycles. The van der Waals surface area contributed by atoms with Crippen LogP contribution in [0.2, 0.25) is 0 Å². The highest BCUT2D eigenvalue weighted by Gasteiger charge is 2.46. The summed E-state index contributed by atoms with van der Waals surface area (Å²) in [6, 6.07) is 2.46. The molecule has 0 amide bonds. The Balaban J connectivity index is 2.01. The number of ether oxygens (including phenoxy) is 2. The van der Waals surface area contributed by atoms with E-state index in [4.69, 9.17) is 22.6 Å². The van der Waals surface area contributed by atoms with E-state index in [1.54, 1.807) is 6.07 Å². The third kappa shape index (κ3) is 5.97. The lowest BCUT2D eigenvalue weighted by atomic mass is 9.88. The molecule has 0 aliphatic carbocycles. The summed E-state index contributed by atoms with van der Waals surface area (Å²) in [5.41, 5.74) is -12.9. The van der Waals surface area contributed by atoms with E-state index in [-0.39, 0.29) is 29.8 Å². The summed E-state index contributed by atoms with van der Waals surface area (Å²) in [7, 11) is 0. The lowest BCUT2D eigenvalue weighted by Crippen LogP contribution is -2.13. The number of alkyl halides is 12. The van der Waals surface area contributed by atoms with Crippen LogP contribution in [0.5, 0.6) is 11.5 Å². The van der Waals surface area contributed by atoms with Gasteiger partial charge in [0.25, 0.3) is 5.88 Å². The van der Waals surface area contributed by atoms with E-state index in [9.17, 15) is 57.9 Å². The van der Waals surface area contributed by atoms with Crippen molar-refractivity contribution in [1.82, 2.24) is 0 Å². The van der Waals surface area contributed by atoms with Crippen molar-refractivity contribution in [2.24, 2.45) is 0 Å². The smallest absolute Gasteiger partial charge is 0.441 e. The number of rotatable bonds is 2. The summed E-state index contributed by atoms with van der Waals surface area (Å²) in [4.78, 5) is 5.76. The fourth-order valence-electron chi connectivity index (χ4n) is 4.94. The van der Waals surface area contributed by atoms with Crippen LogP contribution in [0, 0.1) is 24.5 Å². The average Bonchev–Trinajstić information content (AvgIpc) is 3.63. The van der Waals surface area contributed by atoms with Gasteiger partial charge in [-0.2, -0.15) is 57.9 Å². The molecule has 0 saturated heterocycles. The number of halogens is 12. The van der Waals surface area contributed by atoms with Gasteiger partial charge < -0.3 is 20.1 Å². The van der Waals surface area contributed by atoms with Gasteiger partial charge in [-0.3, -0.25) is 0 Å². The number of allylic oxidation sites excluding steroid dienone is 1. The van der Waals surface area contributed by atoms with Crippen molar-refractivity contribution in [3.8, 4) is 39.8 Å². The lowest BCUT2D eigenvalue weighted by Gasteiger charge is -2.22. The second kappa shape index (κ2) is 11.3. The molecule has 0 spiro atoms. The Kier molecular flexibility index (Phi) is 7.91. The first kappa shape index (κ1) is 34.3. The van der Waals surface area contributed by atoms with E-state index in [2.05, 4.69) is 20.3 Å². The minimum absolute atomic E-state index is 0.241. The van der Waals surface area contributed by atoms with Crippen molar-refractivity contribution in [2.45, 2.75) is 31.6 Å². The van der Waals surface area contributed by atoms with Crippen LogP contribution in [0.25, 0.3) is 31.9 Å². The standard InChI is InChI=1S/C30H11F12N5O2/c1-11(10-43)25-46-20-18(14-6-4-12(27(31,32)33)8-16(14)29(37,38)39)23-21(47-26(49-23)24(44-2)45-3)19(22(20)48-25)15-7-5-13(28(34,35)36)9-17(15)30(40,41)42/h4-9,46-47H,1H3/b25-11-. The molecule has 7 nitrogen and oxygen atoms in total. The van der Waals surface area contributed by atoms with Crippen LogP contribution in [0.1, 0.15) is 29.2 Å². The average molecular weight is 701 g/mol. The summed E-state index contributed by atoms with van der Waals surface area (Å²) in [6.45, 7) is 15.6. The molecule has 3 aromatic carbocycles. The van der Waals surface area contributed by atoms with Crippen LogP contribution >= 0.6 is 0 Å². The van der Waals surface area contributed by atoms with Crippen molar-refractivity contribution in [1.29, 1.82) is 5.26 Å². The Bertz CT molecular complexity index is 1990. The second-order valence-corrected chi connectivity index (χ2v) is 10.1. The highest BCUT2D eigenvalue weighted by atomic mass is 19.4. The maximum Gasteiger partial charge on any atom is 0.579 e. The minimum atomic E-state index is -5.52. The molecule has 19 heteroatoms. The van der Waals surface area contributed by atoms with Gasteiger partial charge in [0.15, 0.2) is 11.5 Å². The molecule has 0 fully saturated rings. The first-order valence-electron chi connectivity index (χ1n) is 12.9. The number of nitriles is 1.